The number of rotatable bonds is 4. The van der Waals surface area contributed by atoms with Gasteiger partial charge in [0, 0.05) is 24.7 Å². The fraction of sp³-hybridized carbons (Fsp3) is 0.552. The molecule has 0 bridgehead atoms. The number of benzene rings is 2. The third kappa shape index (κ3) is 6.81. The van der Waals surface area contributed by atoms with Crippen LogP contribution in [0.25, 0.3) is 0 Å². The van der Waals surface area contributed by atoms with Crippen molar-refractivity contribution in [2.24, 2.45) is 0 Å². The Balaban J connectivity index is 0.00000484. The predicted octanol–water partition coefficient (Wildman–Crippen LogP) is 7.42. The Hall–Kier alpha value is -2.57. The molecule has 42 heavy (non-hydrogen) atoms. The number of hydrogen-bond donors (Lipinski definition) is 2. The van der Waals surface area contributed by atoms with Crippen LogP contribution in [0.3, 0.4) is 0 Å². The van der Waals surface area contributed by atoms with Crippen LogP contribution in [0.2, 0.25) is 0 Å². The molecule has 2 amide bonds. The van der Waals surface area contributed by atoms with Crippen LogP contribution in [0.4, 0.5) is 35.5 Å². The maximum absolute atomic E-state index is 14.0. The Bertz CT molecular complexity index is 1270. The molecule has 2 saturated heterocycles. The van der Waals surface area contributed by atoms with Gasteiger partial charge in [0.15, 0.2) is 0 Å². The van der Waals surface area contributed by atoms with E-state index in [-0.39, 0.29) is 37.2 Å². The maximum Gasteiger partial charge on any atom is 0.416 e. The van der Waals surface area contributed by atoms with Gasteiger partial charge in [0.1, 0.15) is 5.82 Å². The van der Waals surface area contributed by atoms with Crippen molar-refractivity contribution in [3.05, 3.63) is 70.0 Å². The Morgan fingerprint density at radius 3 is 2.17 bits per heavy atom. The molecule has 4 atom stereocenters. The van der Waals surface area contributed by atoms with Gasteiger partial charge < -0.3 is 20.2 Å². The van der Waals surface area contributed by atoms with Gasteiger partial charge in [0.2, 0.25) is 0 Å². The molecule has 2 aromatic rings. The predicted molar refractivity (Wildman–Crippen MR) is 146 cm³/mol. The summed E-state index contributed by atoms with van der Waals surface area (Å²) in [7, 11) is 1.34. The zero-order chi connectivity index (χ0) is 30.5. The Morgan fingerprint density at radius 2 is 1.67 bits per heavy atom. The number of piperidine rings is 1. The summed E-state index contributed by atoms with van der Waals surface area (Å²) in [6, 6.07) is 3.32. The van der Waals surface area contributed by atoms with Crippen molar-refractivity contribution in [3.63, 3.8) is 0 Å². The fourth-order valence-electron chi connectivity index (χ4n) is 6.14. The average Bonchev–Trinajstić information content (AvgIpc) is 3.22. The molecule has 5 nitrogen and oxygen atoms in total. The first-order valence-corrected chi connectivity index (χ1v) is 13.4. The molecule has 0 aliphatic carbocycles. The molecule has 0 unspecified atom stereocenters. The molecule has 2 fully saturated rings. The highest BCUT2D eigenvalue weighted by Crippen LogP contribution is 2.46. The summed E-state index contributed by atoms with van der Waals surface area (Å²) in [5.74, 6) is -0.447. The average molecular weight is 626 g/mol. The second-order valence-corrected chi connectivity index (χ2v) is 11.7. The van der Waals surface area contributed by atoms with E-state index in [1.165, 1.54) is 26.1 Å². The van der Waals surface area contributed by atoms with Crippen molar-refractivity contribution in [1.82, 2.24) is 15.1 Å². The molecule has 2 aliphatic rings. The van der Waals surface area contributed by atoms with Crippen LogP contribution in [-0.4, -0.2) is 52.2 Å². The van der Waals surface area contributed by atoms with Crippen molar-refractivity contribution in [1.29, 1.82) is 0 Å². The second kappa shape index (κ2) is 11.8. The SMILES string of the molecule is Cc1cc(F)ccc1[C@H]1C[C@@]2(CCN1C(=O)N(C)[C@H](C)c1cc(C(F)(F)F)cc(C(F)(F)F)c1)CC[C@](C)(CO)N2.Cl. The summed E-state index contributed by atoms with van der Waals surface area (Å²) >= 11 is 0. The lowest BCUT2D eigenvalue weighted by molar-refractivity contribution is -0.143. The molecular weight excluding hydrogens is 591 g/mol. The van der Waals surface area contributed by atoms with Crippen LogP contribution in [0.15, 0.2) is 36.4 Å². The summed E-state index contributed by atoms with van der Waals surface area (Å²) < 4.78 is 94.8. The molecule has 2 heterocycles. The summed E-state index contributed by atoms with van der Waals surface area (Å²) in [4.78, 5) is 16.6. The Morgan fingerprint density at radius 1 is 1.07 bits per heavy atom. The quantitative estimate of drug-likeness (QED) is 0.348. The van der Waals surface area contributed by atoms with Gasteiger partial charge in [-0.1, -0.05) is 6.07 Å². The normalized spacial score (nSPS) is 25.3. The minimum absolute atomic E-state index is 0. The highest BCUT2D eigenvalue weighted by Gasteiger charge is 2.50. The summed E-state index contributed by atoms with van der Waals surface area (Å²) in [6.07, 6.45) is -7.62. The first-order chi connectivity index (χ1) is 18.9. The van der Waals surface area contributed by atoms with E-state index in [9.17, 15) is 40.6 Å². The number of urea groups is 1. The Kier molecular flexibility index (Phi) is 9.57. The number of aliphatic hydroxyl groups excluding tert-OH is 1. The number of carbonyl (C=O) groups excluding carboxylic acids is 1. The van der Waals surface area contributed by atoms with E-state index in [4.69, 9.17) is 0 Å². The molecule has 2 aromatic carbocycles. The topological polar surface area (TPSA) is 55.8 Å². The molecule has 1 spiro atoms. The number of aliphatic hydroxyl groups is 1. The number of halogens is 8. The fourth-order valence-corrected chi connectivity index (χ4v) is 6.14. The van der Waals surface area contributed by atoms with Gasteiger partial charge in [-0.3, -0.25) is 0 Å². The summed E-state index contributed by atoms with van der Waals surface area (Å²) in [6.45, 7) is 5.17. The molecular formula is C29H35ClF7N3O2. The molecule has 13 heteroatoms. The van der Waals surface area contributed by atoms with Gasteiger partial charge in [-0.25, -0.2) is 9.18 Å². The van der Waals surface area contributed by atoms with Crippen molar-refractivity contribution in [2.45, 2.75) is 82.0 Å². The van der Waals surface area contributed by atoms with Crippen molar-refractivity contribution in [3.8, 4) is 0 Å². The molecule has 0 radical (unpaired) electrons. The van der Waals surface area contributed by atoms with Gasteiger partial charge in [-0.15, -0.1) is 12.4 Å². The lowest BCUT2D eigenvalue weighted by Gasteiger charge is -2.48. The second-order valence-electron chi connectivity index (χ2n) is 11.7. The van der Waals surface area contributed by atoms with Crippen LogP contribution in [-0.2, 0) is 12.4 Å². The minimum atomic E-state index is -5.01. The van der Waals surface area contributed by atoms with E-state index in [1.54, 1.807) is 17.9 Å². The number of aryl methyl sites for hydroxylation is 1. The Labute approximate surface area is 246 Å². The van der Waals surface area contributed by atoms with E-state index in [0.29, 0.717) is 42.5 Å². The van der Waals surface area contributed by atoms with Gasteiger partial charge in [0.05, 0.1) is 29.8 Å². The van der Waals surface area contributed by atoms with Crippen LogP contribution < -0.4 is 5.32 Å². The number of hydrogen-bond acceptors (Lipinski definition) is 3. The van der Waals surface area contributed by atoms with E-state index < -0.39 is 58.5 Å². The number of likely N-dealkylation sites (tertiary alicyclic amines) is 1. The first-order valence-electron chi connectivity index (χ1n) is 13.4. The van der Waals surface area contributed by atoms with Crippen molar-refractivity contribution >= 4 is 18.4 Å². The zero-order valence-corrected chi connectivity index (χ0v) is 24.5. The molecule has 2 N–H and O–H groups in total. The van der Waals surface area contributed by atoms with E-state index in [2.05, 4.69) is 5.32 Å². The van der Waals surface area contributed by atoms with E-state index in [1.807, 2.05) is 6.92 Å². The van der Waals surface area contributed by atoms with Gasteiger partial charge in [-0.2, -0.15) is 26.3 Å². The van der Waals surface area contributed by atoms with Gasteiger partial charge in [0.25, 0.3) is 0 Å². The number of nitrogens with zero attached hydrogens (tertiary/aromatic N) is 2. The molecule has 0 aromatic heterocycles. The van der Waals surface area contributed by atoms with Crippen molar-refractivity contribution < 1.29 is 40.6 Å². The molecule has 0 saturated carbocycles. The first kappa shape index (κ1) is 33.9. The standard InChI is InChI=1S/C29H34F7N3O2.ClH/c1-17-11-22(30)5-6-23(17)24-15-27(8-7-26(3,16-40)37-27)9-10-39(24)25(41)38(4)18(2)19-12-20(28(31,32)33)14-21(13-19)29(34,35)36;/h5-6,11-14,18,24,37,40H,7-10,15-16H2,1-4H3;1H/t18-,24-,26-,27+;/m1./s1. The van der Waals surface area contributed by atoms with E-state index >= 15 is 0 Å². The van der Waals surface area contributed by atoms with E-state index in [0.717, 1.165) is 11.3 Å². The number of alkyl halides is 6. The summed E-state index contributed by atoms with van der Waals surface area (Å²) in [5, 5.41) is 13.5. The smallest absolute Gasteiger partial charge is 0.394 e. The largest absolute Gasteiger partial charge is 0.416 e. The van der Waals surface area contributed by atoms with Crippen LogP contribution in [0.5, 0.6) is 0 Å². The number of nitrogens with one attached hydrogen (secondary N) is 1. The van der Waals surface area contributed by atoms with Gasteiger partial charge in [-0.05, 0) is 93.5 Å². The summed E-state index contributed by atoms with van der Waals surface area (Å²) in [5.41, 5.74) is -2.81. The number of amides is 2. The highest BCUT2D eigenvalue weighted by atomic mass is 35.5. The maximum atomic E-state index is 14.0. The monoisotopic (exact) mass is 625 g/mol. The molecule has 2 aliphatic heterocycles. The third-order valence-electron chi connectivity index (χ3n) is 8.67. The van der Waals surface area contributed by atoms with Crippen molar-refractivity contribution in [2.75, 3.05) is 20.2 Å². The highest BCUT2D eigenvalue weighted by molar-refractivity contribution is 5.85. The molecule has 4 rings (SSSR count). The number of carbonyl (C=O) groups is 1. The molecule has 234 valence electrons. The minimum Gasteiger partial charge on any atom is -0.394 e. The lowest BCUT2D eigenvalue weighted by Crippen LogP contribution is -2.58. The van der Waals surface area contributed by atoms with Crippen LogP contribution in [0.1, 0.15) is 79.4 Å². The zero-order valence-electron chi connectivity index (χ0n) is 23.7. The lowest BCUT2D eigenvalue weighted by atomic mass is 9.79. The van der Waals surface area contributed by atoms with Gasteiger partial charge >= 0.3 is 18.4 Å². The third-order valence-corrected chi connectivity index (χ3v) is 8.67. The van der Waals surface area contributed by atoms with Crippen LogP contribution >= 0.6 is 12.4 Å². The van der Waals surface area contributed by atoms with Crippen LogP contribution in [0, 0.1) is 12.7 Å².